The van der Waals surface area contributed by atoms with Crippen LogP contribution in [-0.2, 0) is 19.6 Å². The number of rotatable bonds is 6. The Balaban J connectivity index is 1.63. The van der Waals surface area contributed by atoms with Crippen molar-refractivity contribution in [1.82, 2.24) is 19.7 Å². The Morgan fingerprint density at radius 3 is 2.70 bits per heavy atom. The molecule has 0 atom stereocenters. The molecule has 0 fully saturated rings. The van der Waals surface area contributed by atoms with Gasteiger partial charge in [0.15, 0.2) is 5.65 Å². The van der Waals surface area contributed by atoms with Crippen molar-refractivity contribution in [2.75, 3.05) is 5.73 Å². The molecule has 2 aromatic heterocycles. The van der Waals surface area contributed by atoms with Crippen LogP contribution >= 0.6 is 0 Å². The largest absolute Gasteiger partial charge is 0.397 e. The van der Waals surface area contributed by atoms with Crippen molar-refractivity contribution >= 4 is 22.6 Å². The molecule has 1 aromatic carbocycles. The molecule has 1 amide bonds. The van der Waals surface area contributed by atoms with Crippen molar-refractivity contribution in [2.24, 2.45) is 0 Å². The van der Waals surface area contributed by atoms with Gasteiger partial charge in [0.05, 0.1) is 35.1 Å². The van der Waals surface area contributed by atoms with E-state index in [1.807, 2.05) is 9.58 Å². The molecule has 0 spiro atoms. The maximum Gasteiger partial charge on any atom is 0.258 e. The molecule has 3 aromatic rings. The number of hydrogen-bond acceptors (Lipinski definition) is 4. The average molecular weight is 363 g/mol. The Bertz CT molecular complexity index is 990. The quantitative estimate of drug-likeness (QED) is 0.678. The van der Waals surface area contributed by atoms with Crippen molar-refractivity contribution in [3.8, 4) is 0 Å². The van der Waals surface area contributed by atoms with E-state index in [9.17, 15) is 4.79 Å². The predicted octanol–water partition coefficient (Wildman–Crippen LogP) is 3.67. The molecule has 0 saturated carbocycles. The van der Waals surface area contributed by atoms with E-state index in [1.54, 1.807) is 6.20 Å². The predicted molar refractivity (Wildman–Crippen MR) is 106 cm³/mol. The van der Waals surface area contributed by atoms with E-state index in [4.69, 9.17) is 10.7 Å². The lowest BCUT2D eigenvalue weighted by atomic mass is 10.1. The number of fused-ring (bicyclic) bond motifs is 2. The highest BCUT2D eigenvalue weighted by molar-refractivity contribution is 6.08. The summed E-state index contributed by atoms with van der Waals surface area (Å²) in [5, 5.41) is 5.21. The van der Waals surface area contributed by atoms with Crippen molar-refractivity contribution in [3.05, 3.63) is 52.8 Å². The number of anilines is 1. The second-order valence-corrected chi connectivity index (χ2v) is 7.31. The Morgan fingerprint density at radius 2 is 1.96 bits per heavy atom. The summed E-state index contributed by atoms with van der Waals surface area (Å²) in [4.78, 5) is 19.5. The minimum Gasteiger partial charge on any atom is -0.397 e. The highest BCUT2D eigenvalue weighted by Crippen LogP contribution is 2.33. The van der Waals surface area contributed by atoms with Gasteiger partial charge >= 0.3 is 0 Å². The minimum atomic E-state index is -0.0452. The summed E-state index contributed by atoms with van der Waals surface area (Å²) in [6.45, 7) is 6.11. The third kappa shape index (κ3) is 3.16. The first kappa shape index (κ1) is 17.5. The summed E-state index contributed by atoms with van der Waals surface area (Å²) < 4.78 is 1.91. The summed E-state index contributed by atoms with van der Waals surface area (Å²) in [6, 6.07) is 8.25. The standard InChI is InChI=1S/C21H25N5O/c1-3-4-5-10-26-20-16(11-23-26)19(22)18-17(24-20)13-25(21(18)27)12-15-8-6-14(2)7-9-15/h6-9,11H,3-5,10,12-13H2,1-2H3,(H2,22,24). The number of hydrogen-bond donors (Lipinski definition) is 1. The van der Waals surface area contributed by atoms with Gasteiger partial charge in [-0.2, -0.15) is 5.10 Å². The van der Waals surface area contributed by atoms with E-state index in [-0.39, 0.29) is 5.91 Å². The first-order valence-electron chi connectivity index (χ1n) is 9.57. The molecule has 140 valence electrons. The molecular weight excluding hydrogens is 338 g/mol. The van der Waals surface area contributed by atoms with Gasteiger partial charge in [0.1, 0.15) is 0 Å². The molecule has 27 heavy (non-hydrogen) atoms. The third-order valence-electron chi connectivity index (χ3n) is 5.21. The normalized spacial score (nSPS) is 13.6. The van der Waals surface area contributed by atoms with Gasteiger partial charge in [-0.3, -0.25) is 4.79 Å². The fourth-order valence-corrected chi connectivity index (χ4v) is 3.64. The van der Waals surface area contributed by atoms with Crippen LogP contribution in [0.15, 0.2) is 30.5 Å². The number of aromatic nitrogens is 3. The lowest BCUT2D eigenvalue weighted by molar-refractivity contribution is 0.0767. The Morgan fingerprint density at radius 1 is 1.19 bits per heavy atom. The summed E-state index contributed by atoms with van der Waals surface area (Å²) in [5.74, 6) is -0.0452. The van der Waals surface area contributed by atoms with E-state index in [1.165, 1.54) is 5.56 Å². The van der Waals surface area contributed by atoms with Crippen LogP contribution in [0.3, 0.4) is 0 Å². The fraction of sp³-hybridized carbons (Fsp3) is 0.381. The van der Waals surface area contributed by atoms with E-state index >= 15 is 0 Å². The molecule has 0 unspecified atom stereocenters. The topological polar surface area (TPSA) is 77.0 Å². The van der Waals surface area contributed by atoms with Crippen molar-refractivity contribution in [3.63, 3.8) is 0 Å². The molecule has 6 heteroatoms. The van der Waals surface area contributed by atoms with Crippen molar-refractivity contribution in [2.45, 2.75) is 52.7 Å². The minimum absolute atomic E-state index is 0.0452. The molecule has 0 radical (unpaired) electrons. The molecule has 1 aliphatic heterocycles. The SMILES string of the molecule is CCCCCn1ncc2c(N)c3c(nc21)CN(Cc1ccc(C)cc1)C3=O. The monoisotopic (exact) mass is 363 g/mol. The molecule has 1 aliphatic rings. The molecule has 2 N–H and O–H groups in total. The zero-order valence-electron chi connectivity index (χ0n) is 15.9. The van der Waals surface area contributed by atoms with Gasteiger partial charge in [0, 0.05) is 13.1 Å². The number of nitrogens with zero attached hydrogens (tertiary/aromatic N) is 4. The molecule has 4 rings (SSSR count). The molecule has 6 nitrogen and oxygen atoms in total. The van der Waals surface area contributed by atoms with Crippen molar-refractivity contribution in [1.29, 1.82) is 0 Å². The first-order valence-corrected chi connectivity index (χ1v) is 9.57. The lowest BCUT2D eigenvalue weighted by Crippen LogP contribution is -2.23. The van der Waals surface area contributed by atoms with Crippen LogP contribution in [0, 0.1) is 6.92 Å². The number of pyridine rings is 1. The molecular formula is C21H25N5O. The zero-order chi connectivity index (χ0) is 19.0. The smallest absolute Gasteiger partial charge is 0.258 e. The van der Waals surface area contributed by atoms with Crippen molar-refractivity contribution < 1.29 is 4.79 Å². The number of amides is 1. The summed E-state index contributed by atoms with van der Waals surface area (Å²) in [6.07, 6.45) is 5.11. The van der Waals surface area contributed by atoms with Gasteiger partial charge in [-0.1, -0.05) is 49.6 Å². The molecule has 0 aliphatic carbocycles. The highest BCUT2D eigenvalue weighted by Gasteiger charge is 2.32. The number of carbonyl (C=O) groups is 1. The second-order valence-electron chi connectivity index (χ2n) is 7.31. The van der Waals surface area contributed by atoms with Gasteiger partial charge in [-0.05, 0) is 18.9 Å². The maximum atomic E-state index is 12.9. The third-order valence-corrected chi connectivity index (χ3v) is 5.21. The number of carbonyl (C=O) groups excluding carboxylic acids is 1. The van der Waals surface area contributed by atoms with Crippen LogP contribution in [0.1, 0.15) is 53.4 Å². The number of nitrogen functional groups attached to an aromatic ring is 1. The van der Waals surface area contributed by atoms with Crippen LogP contribution < -0.4 is 5.73 Å². The van der Waals surface area contributed by atoms with Crippen LogP contribution in [0.4, 0.5) is 5.69 Å². The number of aryl methyl sites for hydroxylation is 2. The molecule has 0 saturated heterocycles. The van der Waals surface area contributed by atoms with Gasteiger partial charge < -0.3 is 10.6 Å². The van der Waals surface area contributed by atoms with Crippen LogP contribution in [-0.4, -0.2) is 25.6 Å². The van der Waals surface area contributed by atoms with Crippen LogP contribution in [0.5, 0.6) is 0 Å². The molecule has 0 bridgehead atoms. The maximum absolute atomic E-state index is 12.9. The van der Waals surface area contributed by atoms with Gasteiger partial charge in [0.2, 0.25) is 0 Å². The van der Waals surface area contributed by atoms with E-state index < -0.39 is 0 Å². The van der Waals surface area contributed by atoms with Crippen LogP contribution in [0.25, 0.3) is 11.0 Å². The highest BCUT2D eigenvalue weighted by atomic mass is 16.2. The Kier molecular flexibility index (Phi) is 4.56. The number of benzene rings is 1. The van der Waals surface area contributed by atoms with Gasteiger partial charge in [-0.15, -0.1) is 0 Å². The number of nitrogens with two attached hydrogens (primary N) is 1. The fourth-order valence-electron chi connectivity index (χ4n) is 3.64. The van der Waals surface area contributed by atoms with Crippen LogP contribution in [0.2, 0.25) is 0 Å². The first-order chi connectivity index (χ1) is 13.1. The van der Waals surface area contributed by atoms with E-state index in [0.29, 0.717) is 24.3 Å². The van der Waals surface area contributed by atoms with E-state index in [0.717, 1.165) is 48.1 Å². The van der Waals surface area contributed by atoms with E-state index in [2.05, 4.69) is 43.2 Å². The average Bonchev–Trinajstić information content (AvgIpc) is 3.20. The van der Waals surface area contributed by atoms with Gasteiger partial charge in [-0.25, -0.2) is 9.67 Å². The number of unbranched alkanes of at least 4 members (excludes halogenated alkanes) is 2. The lowest BCUT2D eigenvalue weighted by Gasteiger charge is -2.15. The Hall–Kier alpha value is -2.89. The Labute approximate surface area is 159 Å². The summed E-state index contributed by atoms with van der Waals surface area (Å²) in [5.41, 5.74) is 11.3. The summed E-state index contributed by atoms with van der Waals surface area (Å²) in [7, 11) is 0. The zero-order valence-corrected chi connectivity index (χ0v) is 15.9. The van der Waals surface area contributed by atoms with Gasteiger partial charge in [0.25, 0.3) is 5.91 Å². The summed E-state index contributed by atoms with van der Waals surface area (Å²) >= 11 is 0. The molecule has 3 heterocycles. The second kappa shape index (κ2) is 7.02.